The van der Waals surface area contributed by atoms with Crippen LogP contribution in [-0.2, 0) is 19.4 Å². The van der Waals surface area contributed by atoms with Gasteiger partial charge in [-0.15, -0.1) is 11.8 Å². The summed E-state index contributed by atoms with van der Waals surface area (Å²) in [6, 6.07) is 12.9. The molecule has 1 heterocycles. The average molecular weight is 522 g/mol. The fraction of sp³-hybridized carbons (Fsp3) is 0.423. The van der Waals surface area contributed by atoms with Crippen molar-refractivity contribution in [3.63, 3.8) is 0 Å². The topological polar surface area (TPSA) is 72.9 Å². The number of halogens is 1. The molecule has 0 N–H and O–H groups in total. The zero-order chi connectivity index (χ0) is 25.6. The maximum atomic E-state index is 14.1. The van der Waals surface area contributed by atoms with Gasteiger partial charge in [0.15, 0.2) is 9.84 Å². The normalized spacial score (nSPS) is 19.6. The van der Waals surface area contributed by atoms with Crippen molar-refractivity contribution in [2.45, 2.75) is 49.8 Å². The maximum absolute atomic E-state index is 14.1. The van der Waals surface area contributed by atoms with Crippen molar-refractivity contribution in [2.75, 3.05) is 30.1 Å². The fourth-order valence-corrected chi connectivity index (χ4v) is 6.87. The molecule has 1 atom stereocenters. The zero-order valence-corrected chi connectivity index (χ0v) is 22.2. The molecule has 9 heteroatoms. The van der Waals surface area contributed by atoms with Gasteiger partial charge in [-0.25, -0.2) is 13.2 Å². The van der Waals surface area contributed by atoms with Crippen molar-refractivity contribution < 1.29 is 27.1 Å². The average Bonchev–Trinajstić information content (AvgIpc) is 2.92. The molecule has 6 nitrogen and oxygen atoms in total. The summed E-state index contributed by atoms with van der Waals surface area (Å²) in [6.45, 7) is 6.25. The maximum Gasteiger partial charge on any atom is 0.370 e. The third-order valence-electron chi connectivity index (χ3n) is 5.91. The second-order valence-corrected chi connectivity index (χ2v) is 11.7. The van der Waals surface area contributed by atoms with E-state index in [9.17, 15) is 17.6 Å². The highest BCUT2D eigenvalue weighted by molar-refractivity contribution is 7.98. The molecule has 1 unspecified atom stereocenters. The number of anilines is 2. The summed E-state index contributed by atoms with van der Waals surface area (Å²) in [5.74, 6) is -2.19. The Hall–Kier alpha value is -2.52. The Labute approximate surface area is 211 Å². The number of hydrogen-bond donors (Lipinski definition) is 0. The summed E-state index contributed by atoms with van der Waals surface area (Å²) in [7, 11) is -3.71. The van der Waals surface area contributed by atoms with E-state index in [-0.39, 0.29) is 23.0 Å². The largest absolute Gasteiger partial charge is 0.461 e. The van der Waals surface area contributed by atoms with E-state index in [1.807, 2.05) is 48.4 Å². The molecule has 0 saturated heterocycles. The first-order chi connectivity index (χ1) is 16.6. The number of hydrogen-bond acceptors (Lipinski definition) is 7. The minimum Gasteiger partial charge on any atom is -0.461 e. The number of esters is 1. The van der Waals surface area contributed by atoms with E-state index in [1.165, 1.54) is 17.8 Å². The van der Waals surface area contributed by atoms with Crippen LogP contribution in [-0.4, -0.2) is 39.5 Å². The standard InChI is InChI=1S/C26H32FNO5S2/c1-5-7-13-26(3)17-28(19-11-9-8-10-12-19)21-14-23(34-4)22(15-24(21)35(30,31)18-26)33-16-20(27)25(29)32-6-2/h8-12,14-16H,5-7,13,17-18H2,1-4H3/b20-16-. The fourth-order valence-electron chi connectivity index (χ4n) is 4.25. The van der Waals surface area contributed by atoms with Crippen LogP contribution in [0.5, 0.6) is 5.75 Å². The summed E-state index contributed by atoms with van der Waals surface area (Å²) in [5, 5.41) is 0. The van der Waals surface area contributed by atoms with Crippen molar-refractivity contribution in [1.29, 1.82) is 0 Å². The molecule has 0 aromatic heterocycles. The van der Waals surface area contributed by atoms with Crippen molar-refractivity contribution in [1.82, 2.24) is 0 Å². The molecule has 35 heavy (non-hydrogen) atoms. The smallest absolute Gasteiger partial charge is 0.370 e. The lowest BCUT2D eigenvalue weighted by Crippen LogP contribution is -2.35. The molecular weight excluding hydrogens is 489 g/mol. The van der Waals surface area contributed by atoms with E-state index in [1.54, 1.807) is 13.0 Å². The van der Waals surface area contributed by atoms with Crippen LogP contribution < -0.4 is 9.64 Å². The number of thioether (sulfide) groups is 1. The van der Waals surface area contributed by atoms with Gasteiger partial charge in [0.25, 0.3) is 0 Å². The first-order valence-corrected chi connectivity index (χ1v) is 14.5. The molecule has 190 valence electrons. The Kier molecular flexibility index (Phi) is 8.88. The van der Waals surface area contributed by atoms with Gasteiger partial charge in [0.2, 0.25) is 5.83 Å². The lowest BCUT2D eigenvalue weighted by molar-refractivity contribution is -0.140. The predicted molar refractivity (Wildman–Crippen MR) is 138 cm³/mol. The molecular formula is C26H32FNO5S2. The summed E-state index contributed by atoms with van der Waals surface area (Å²) in [5.41, 5.74) is 0.977. The van der Waals surface area contributed by atoms with Crippen LogP contribution in [0.3, 0.4) is 0 Å². The third kappa shape index (κ3) is 6.38. The molecule has 0 bridgehead atoms. The van der Waals surface area contributed by atoms with Gasteiger partial charge in [-0.05, 0) is 43.2 Å². The van der Waals surface area contributed by atoms with E-state index >= 15 is 0 Å². The number of ether oxygens (including phenoxy) is 2. The Morgan fingerprint density at radius 1 is 1.23 bits per heavy atom. The predicted octanol–water partition coefficient (Wildman–Crippen LogP) is 6.28. The molecule has 2 aromatic rings. The lowest BCUT2D eigenvalue weighted by Gasteiger charge is -2.34. The van der Waals surface area contributed by atoms with Crippen molar-refractivity contribution in [2.24, 2.45) is 5.41 Å². The number of benzene rings is 2. The first-order valence-electron chi connectivity index (χ1n) is 11.6. The lowest BCUT2D eigenvalue weighted by atomic mass is 9.86. The van der Waals surface area contributed by atoms with Gasteiger partial charge in [-0.2, -0.15) is 4.39 Å². The van der Waals surface area contributed by atoms with Gasteiger partial charge in [0, 0.05) is 18.3 Å². The molecule has 1 aliphatic heterocycles. The van der Waals surface area contributed by atoms with Crippen LogP contribution in [0.25, 0.3) is 0 Å². The van der Waals surface area contributed by atoms with Crippen LogP contribution in [0, 0.1) is 5.41 Å². The van der Waals surface area contributed by atoms with Crippen LogP contribution in [0.15, 0.2) is 64.3 Å². The number of rotatable bonds is 9. The van der Waals surface area contributed by atoms with E-state index in [0.29, 0.717) is 23.4 Å². The summed E-state index contributed by atoms with van der Waals surface area (Å²) in [4.78, 5) is 14.4. The number of fused-ring (bicyclic) bond motifs is 1. The Morgan fingerprint density at radius 2 is 1.94 bits per heavy atom. The monoisotopic (exact) mass is 521 g/mol. The number of nitrogens with zero attached hydrogens (tertiary/aromatic N) is 1. The van der Waals surface area contributed by atoms with Crippen LogP contribution in [0.2, 0.25) is 0 Å². The molecule has 2 aromatic carbocycles. The molecule has 0 amide bonds. The summed E-state index contributed by atoms with van der Waals surface area (Å²) in [6.07, 6.45) is 5.15. The molecule has 0 spiro atoms. The zero-order valence-electron chi connectivity index (χ0n) is 20.5. The van der Waals surface area contributed by atoms with Crippen molar-refractivity contribution in [3.8, 4) is 5.75 Å². The highest BCUT2D eigenvalue weighted by Crippen LogP contribution is 2.46. The SMILES string of the molecule is CCCCC1(C)CN(c2ccccc2)c2cc(SC)c(O/C=C(\F)C(=O)OCC)cc2S(=O)(=O)C1. The Bertz CT molecular complexity index is 1180. The number of sulfone groups is 1. The molecule has 0 aliphatic carbocycles. The second-order valence-electron chi connectivity index (χ2n) is 8.87. The van der Waals surface area contributed by atoms with Crippen LogP contribution >= 0.6 is 11.8 Å². The van der Waals surface area contributed by atoms with Crippen molar-refractivity contribution >= 4 is 38.9 Å². The summed E-state index contributed by atoms with van der Waals surface area (Å²) >= 11 is 1.34. The van der Waals surface area contributed by atoms with E-state index in [0.717, 1.165) is 24.9 Å². The second kappa shape index (κ2) is 11.5. The van der Waals surface area contributed by atoms with Crippen LogP contribution in [0.4, 0.5) is 15.8 Å². The van der Waals surface area contributed by atoms with Gasteiger partial charge in [0.05, 0.1) is 27.8 Å². The highest BCUT2D eigenvalue weighted by atomic mass is 32.2. The number of carbonyl (C=O) groups excluding carboxylic acids is 1. The van der Waals surface area contributed by atoms with Crippen LogP contribution in [0.1, 0.15) is 40.0 Å². The van der Waals surface area contributed by atoms with Gasteiger partial charge in [-0.3, -0.25) is 0 Å². The third-order valence-corrected chi connectivity index (χ3v) is 8.74. The molecule has 0 fully saturated rings. The van der Waals surface area contributed by atoms with E-state index in [4.69, 9.17) is 4.74 Å². The van der Waals surface area contributed by atoms with Gasteiger partial charge in [-0.1, -0.05) is 44.9 Å². The van der Waals surface area contributed by atoms with E-state index < -0.39 is 27.0 Å². The Morgan fingerprint density at radius 3 is 2.57 bits per heavy atom. The molecule has 0 radical (unpaired) electrons. The number of para-hydroxylation sites is 1. The van der Waals surface area contributed by atoms with Gasteiger partial charge in [0.1, 0.15) is 12.0 Å². The minimum absolute atomic E-state index is 0.0125. The van der Waals surface area contributed by atoms with Crippen molar-refractivity contribution in [3.05, 3.63) is 54.6 Å². The minimum atomic E-state index is -3.71. The Balaban J connectivity index is 2.15. The summed E-state index contributed by atoms with van der Waals surface area (Å²) < 4.78 is 51.6. The molecule has 0 saturated carbocycles. The van der Waals surface area contributed by atoms with Gasteiger partial charge >= 0.3 is 5.97 Å². The van der Waals surface area contributed by atoms with E-state index in [2.05, 4.69) is 11.7 Å². The molecule has 1 aliphatic rings. The molecule has 3 rings (SSSR count). The highest BCUT2D eigenvalue weighted by Gasteiger charge is 2.40. The quantitative estimate of drug-likeness (QED) is 0.166. The number of unbranched alkanes of at least 4 members (excludes halogenated alkanes) is 1. The first kappa shape index (κ1) is 27.1. The number of carbonyl (C=O) groups is 1. The van der Waals surface area contributed by atoms with Gasteiger partial charge < -0.3 is 14.4 Å².